The van der Waals surface area contributed by atoms with Crippen LogP contribution in [0.3, 0.4) is 0 Å². The molecule has 0 radical (unpaired) electrons. The first kappa shape index (κ1) is 17.2. The highest BCUT2D eigenvalue weighted by Gasteiger charge is 2.14. The van der Waals surface area contributed by atoms with Crippen molar-refractivity contribution in [2.45, 2.75) is 13.8 Å². The highest BCUT2D eigenvalue weighted by molar-refractivity contribution is 7.11. The Balaban J connectivity index is 2.19. The Kier molecular flexibility index (Phi) is 4.33. The number of nitrogens with one attached hydrogen (secondary N) is 1. The molecular weight excluding hydrogens is 374 g/mol. The van der Waals surface area contributed by atoms with E-state index in [9.17, 15) is 10.5 Å². The summed E-state index contributed by atoms with van der Waals surface area (Å²) in [6.07, 6.45) is 0. The van der Waals surface area contributed by atoms with E-state index in [1.165, 1.54) is 22.7 Å². The van der Waals surface area contributed by atoms with Crippen molar-refractivity contribution in [2.24, 2.45) is 0 Å². The van der Waals surface area contributed by atoms with Gasteiger partial charge in [-0.25, -0.2) is 9.97 Å². The third-order valence-corrected chi connectivity index (χ3v) is 6.06. The zero-order valence-electron chi connectivity index (χ0n) is 14.6. The first-order valence-electron chi connectivity index (χ1n) is 8.13. The fraction of sp³-hybridized carbons (Fsp3) is 0.100. The van der Waals surface area contributed by atoms with E-state index in [2.05, 4.69) is 27.1 Å². The largest absolute Gasteiger partial charge is 0.352 e. The van der Waals surface area contributed by atoms with Crippen molar-refractivity contribution in [1.29, 1.82) is 10.5 Å². The Hall–Kier alpha value is -3.26. The normalized spacial score (nSPS) is 13.2. The first-order valence-corrected chi connectivity index (χ1v) is 9.89. The van der Waals surface area contributed by atoms with E-state index in [0.717, 1.165) is 22.2 Å². The Morgan fingerprint density at radius 1 is 0.852 bits per heavy atom. The highest BCUT2D eigenvalue weighted by Crippen LogP contribution is 2.19. The molecule has 4 aromatic rings. The van der Waals surface area contributed by atoms with E-state index in [1.807, 2.05) is 48.9 Å². The predicted octanol–water partition coefficient (Wildman–Crippen LogP) is 3.14. The van der Waals surface area contributed by atoms with Crippen LogP contribution in [0.4, 0.5) is 0 Å². The van der Waals surface area contributed by atoms with E-state index in [0.29, 0.717) is 31.9 Å². The van der Waals surface area contributed by atoms with Crippen LogP contribution in [0.1, 0.15) is 21.4 Å². The lowest BCUT2D eigenvalue weighted by Crippen LogP contribution is -2.16. The second kappa shape index (κ2) is 6.81. The highest BCUT2D eigenvalue weighted by atomic mass is 32.1. The summed E-state index contributed by atoms with van der Waals surface area (Å²) in [5, 5.41) is 27.9. The minimum Gasteiger partial charge on any atom is -0.352 e. The van der Waals surface area contributed by atoms with Gasteiger partial charge < -0.3 is 4.98 Å². The number of benzene rings is 1. The molecule has 0 bridgehead atoms. The van der Waals surface area contributed by atoms with Gasteiger partial charge in [-0.2, -0.15) is 10.5 Å². The molecule has 27 heavy (non-hydrogen) atoms. The van der Waals surface area contributed by atoms with Crippen molar-refractivity contribution in [1.82, 2.24) is 15.0 Å². The fourth-order valence-electron chi connectivity index (χ4n) is 2.93. The lowest BCUT2D eigenvalue weighted by atomic mass is 10.1. The second-order valence-corrected chi connectivity index (χ2v) is 7.70. The molecule has 0 saturated carbocycles. The van der Waals surface area contributed by atoms with Gasteiger partial charge >= 0.3 is 0 Å². The lowest BCUT2D eigenvalue weighted by Gasteiger charge is -1.92. The monoisotopic (exact) mass is 387 g/mol. The van der Waals surface area contributed by atoms with Crippen LogP contribution in [-0.2, 0) is 0 Å². The Morgan fingerprint density at radius 3 is 1.63 bits per heavy atom. The number of hydrogen-bond donors (Lipinski definition) is 1. The van der Waals surface area contributed by atoms with Crippen molar-refractivity contribution in [3.05, 3.63) is 67.1 Å². The van der Waals surface area contributed by atoms with E-state index in [1.54, 1.807) is 0 Å². The van der Waals surface area contributed by atoms with Crippen molar-refractivity contribution < 1.29 is 0 Å². The molecule has 7 heteroatoms. The number of hydrogen-bond acceptors (Lipinski definition) is 6. The molecular formula is C20H13N5S2. The quantitative estimate of drug-likeness (QED) is 0.572. The Labute approximate surface area is 163 Å². The molecule has 0 amide bonds. The van der Waals surface area contributed by atoms with Crippen LogP contribution in [0.15, 0.2) is 35.0 Å². The molecule has 4 rings (SSSR count). The summed E-state index contributed by atoms with van der Waals surface area (Å²) in [6.45, 7) is 3.80. The van der Waals surface area contributed by atoms with Gasteiger partial charge in [0.25, 0.3) is 0 Å². The number of H-pyrrole nitrogens is 1. The predicted molar refractivity (Wildman–Crippen MR) is 107 cm³/mol. The molecule has 0 aliphatic rings. The number of aromatic amines is 1. The van der Waals surface area contributed by atoms with E-state index < -0.39 is 0 Å². The van der Waals surface area contributed by atoms with Gasteiger partial charge in [-0.3, -0.25) is 0 Å². The molecule has 0 atom stereocenters. The van der Waals surface area contributed by atoms with Crippen LogP contribution in [0.2, 0.25) is 0 Å². The number of fused-ring (bicyclic) bond motifs is 1. The summed E-state index contributed by atoms with van der Waals surface area (Å²) in [6, 6.07) is 12.3. The molecule has 0 unspecified atom stereocenters. The molecule has 0 spiro atoms. The van der Waals surface area contributed by atoms with Crippen LogP contribution < -0.4 is 10.7 Å². The summed E-state index contributed by atoms with van der Waals surface area (Å²) in [7, 11) is 0. The summed E-state index contributed by atoms with van der Waals surface area (Å²) in [5.74, 6) is 0. The summed E-state index contributed by atoms with van der Waals surface area (Å²) >= 11 is 2.87. The third-order valence-electron chi connectivity index (χ3n) is 4.11. The van der Waals surface area contributed by atoms with Crippen LogP contribution in [0.25, 0.3) is 21.9 Å². The van der Waals surface area contributed by atoms with Crippen LogP contribution in [0.5, 0.6) is 0 Å². The summed E-state index contributed by atoms with van der Waals surface area (Å²) in [4.78, 5) is 12.2. The van der Waals surface area contributed by atoms with Crippen molar-refractivity contribution in [3.8, 4) is 12.1 Å². The lowest BCUT2D eigenvalue weighted by molar-refractivity contribution is 1.21. The molecule has 1 aromatic carbocycles. The number of nitriles is 2. The van der Waals surface area contributed by atoms with Crippen LogP contribution in [-0.4, -0.2) is 15.0 Å². The molecule has 1 N–H and O–H groups in total. The average molecular weight is 387 g/mol. The molecule has 0 aliphatic heterocycles. The number of aromatic nitrogens is 3. The van der Waals surface area contributed by atoms with Crippen LogP contribution in [0, 0.1) is 36.5 Å². The maximum absolute atomic E-state index is 9.80. The van der Waals surface area contributed by atoms with Gasteiger partial charge in [-0.15, -0.1) is 22.7 Å². The van der Waals surface area contributed by atoms with Crippen molar-refractivity contribution >= 4 is 44.6 Å². The Morgan fingerprint density at radius 2 is 1.30 bits per heavy atom. The smallest absolute Gasteiger partial charge is 0.136 e. The minimum absolute atomic E-state index is 0.475. The van der Waals surface area contributed by atoms with E-state index in [4.69, 9.17) is 0 Å². The zero-order chi connectivity index (χ0) is 19.0. The fourth-order valence-corrected chi connectivity index (χ4v) is 4.53. The number of nitrogens with zero attached hydrogens (tertiary/aromatic N) is 4. The van der Waals surface area contributed by atoms with E-state index >= 15 is 0 Å². The van der Waals surface area contributed by atoms with E-state index in [-0.39, 0.29) is 0 Å². The van der Waals surface area contributed by atoms with Crippen molar-refractivity contribution in [3.63, 3.8) is 0 Å². The molecule has 0 fully saturated rings. The molecule has 3 heterocycles. The first-order chi connectivity index (χ1) is 13.1. The van der Waals surface area contributed by atoms with Gasteiger partial charge in [0.15, 0.2) is 0 Å². The molecule has 5 nitrogen and oxygen atoms in total. The maximum atomic E-state index is 9.80. The summed E-state index contributed by atoms with van der Waals surface area (Å²) in [5.41, 5.74) is 2.70. The van der Waals surface area contributed by atoms with Crippen molar-refractivity contribution in [2.75, 3.05) is 0 Å². The zero-order valence-corrected chi connectivity index (χ0v) is 16.2. The number of thiazole rings is 2. The third kappa shape index (κ3) is 2.93. The van der Waals surface area contributed by atoms with Gasteiger partial charge in [0, 0.05) is 32.9 Å². The van der Waals surface area contributed by atoms with Gasteiger partial charge in [-0.1, -0.05) is 24.3 Å². The maximum Gasteiger partial charge on any atom is 0.136 e. The average Bonchev–Trinajstić information content (AvgIpc) is 3.38. The second-order valence-electron chi connectivity index (χ2n) is 5.98. The molecule has 0 aliphatic carbocycles. The number of aryl methyl sites for hydroxylation is 2. The van der Waals surface area contributed by atoms with Gasteiger partial charge in [-0.05, 0) is 13.8 Å². The minimum atomic E-state index is 0.475. The van der Waals surface area contributed by atoms with Gasteiger partial charge in [0.2, 0.25) is 0 Å². The molecule has 3 aromatic heterocycles. The van der Waals surface area contributed by atoms with Gasteiger partial charge in [0.05, 0.1) is 10.7 Å². The van der Waals surface area contributed by atoms with Gasteiger partial charge in [0.1, 0.15) is 33.3 Å². The standard InChI is InChI=1S/C20H13N5S2/c1-11-9-26-19(23-11)15(7-21)17-13-5-3-4-6-14(13)18(25-17)16(8-22)20-24-12(2)10-27-20/h3-6,9-10,25H,1-2H3/b17-15-,18-16-. The molecule has 130 valence electrons. The number of rotatable bonds is 2. The van der Waals surface area contributed by atoms with Crippen LogP contribution >= 0.6 is 22.7 Å². The molecule has 0 saturated heterocycles. The Bertz CT molecular complexity index is 1270. The summed E-state index contributed by atoms with van der Waals surface area (Å²) < 4.78 is 0. The SMILES string of the molecule is Cc1csc(/C(C#N)=c2\[nH]/c(=C(/C#N)c3nc(C)cs3)c3ccccc23)n1. The topological polar surface area (TPSA) is 89.1 Å².